The number of nitrogens with zero attached hydrogens (tertiary/aromatic N) is 2. The maximum atomic E-state index is 13.0. The largest absolute Gasteiger partial charge is 0.495 e. The first-order valence-corrected chi connectivity index (χ1v) is 10.9. The molecular formula is C23H27N3O3S. The van der Waals surface area contributed by atoms with Gasteiger partial charge in [-0.1, -0.05) is 43.0 Å². The summed E-state index contributed by atoms with van der Waals surface area (Å²) < 4.78 is 5.28. The number of nitrogens with one attached hydrogen (secondary N) is 1. The van der Waals surface area contributed by atoms with E-state index < -0.39 is 5.25 Å². The highest BCUT2D eigenvalue weighted by atomic mass is 32.2. The van der Waals surface area contributed by atoms with E-state index in [0.717, 1.165) is 23.2 Å². The Morgan fingerprint density at radius 3 is 2.70 bits per heavy atom. The molecule has 0 saturated carbocycles. The highest BCUT2D eigenvalue weighted by molar-refractivity contribution is 8.15. The lowest BCUT2D eigenvalue weighted by atomic mass is 10.1. The number of carbonyl (C=O) groups is 2. The number of thioether (sulfide) groups is 1. The Hall–Kier alpha value is -2.80. The predicted molar refractivity (Wildman–Crippen MR) is 123 cm³/mol. The second kappa shape index (κ2) is 9.80. The highest BCUT2D eigenvalue weighted by Crippen LogP contribution is 2.33. The molecule has 1 N–H and O–H groups in total. The lowest BCUT2D eigenvalue weighted by Gasteiger charge is -2.15. The smallest absolute Gasteiger partial charge is 0.242 e. The van der Waals surface area contributed by atoms with Crippen molar-refractivity contribution >= 4 is 40.1 Å². The maximum Gasteiger partial charge on any atom is 0.242 e. The topological polar surface area (TPSA) is 71.0 Å². The summed E-state index contributed by atoms with van der Waals surface area (Å²) in [6.07, 6.45) is 0.895. The molecular weight excluding hydrogens is 398 g/mol. The van der Waals surface area contributed by atoms with Gasteiger partial charge in [-0.05, 0) is 49.6 Å². The summed E-state index contributed by atoms with van der Waals surface area (Å²) >= 11 is 1.36. The van der Waals surface area contributed by atoms with Gasteiger partial charge < -0.3 is 10.1 Å². The van der Waals surface area contributed by atoms with Crippen LogP contribution in [0.25, 0.3) is 0 Å². The third-order valence-electron chi connectivity index (χ3n) is 5.01. The summed E-state index contributed by atoms with van der Waals surface area (Å²) in [5, 5.41) is 3.02. The molecule has 1 aliphatic rings. The Morgan fingerprint density at radius 2 is 1.97 bits per heavy atom. The van der Waals surface area contributed by atoms with Crippen molar-refractivity contribution in [1.29, 1.82) is 0 Å². The first-order chi connectivity index (χ1) is 14.4. The van der Waals surface area contributed by atoms with E-state index in [1.807, 2.05) is 51.1 Å². The molecule has 158 valence electrons. The first kappa shape index (κ1) is 21.9. The molecule has 0 unspecified atom stereocenters. The molecule has 3 rings (SSSR count). The molecule has 1 heterocycles. The Balaban J connectivity index is 1.78. The molecule has 1 atom stereocenters. The molecule has 0 spiro atoms. The minimum atomic E-state index is -0.491. The lowest BCUT2D eigenvalue weighted by molar-refractivity contribution is -0.128. The van der Waals surface area contributed by atoms with Crippen molar-refractivity contribution in [2.75, 3.05) is 19.0 Å². The molecule has 1 fully saturated rings. The molecule has 0 bridgehead atoms. The molecule has 0 radical (unpaired) electrons. The maximum absolute atomic E-state index is 13.0. The van der Waals surface area contributed by atoms with Crippen LogP contribution in [0.4, 0.5) is 11.4 Å². The third kappa shape index (κ3) is 4.84. The molecule has 2 aromatic carbocycles. The van der Waals surface area contributed by atoms with Gasteiger partial charge in [0.2, 0.25) is 11.8 Å². The molecule has 2 aromatic rings. The third-order valence-corrected chi connectivity index (χ3v) is 6.19. The number of carbonyl (C=O) groups excluding carboxylic acids is 2. The van der Waals surface area contributed by atoms with E-state index in [2.05, 4.69) is 5.32 Å². The van der Waals surface area contributed by atoms with E-state index in [4.69, 9.17) is 9.73 Å². The Bertz CT molecular complexity index is 974. The Kier molecular flexibility index (Phi) is 7.15. The van der Waals surface area contributed by atoms with Crippen LogP contribution in [0.5, 0.6) is 5.75 Å². The van der Waals surface area contributed by atoms with Gasteiger partial charge >= 0.3 is 0 Å². The minimum absolute atomic E-state index is 0.0684. The average Bonchev–Trinajstić information content (AvgIpc) is 3.01. The van der Waals surface area contributed by atoms with Crippen molar-refractivity contribution < 1.29 is 14.3 Å². The predicted octanol–water partition coefficient (Wildman–Crippen LogP) is 4.68. The summed E-state index contributed by atoms with van der Waals surface area (Å²) in [7, 11) is 1.56. The molecule has 6 nitrogen and oxygen atoms in total. The van der Waals surface area contributed by atoms with Crippen LogP contribution in [0.3, 0.4) is 0 Å². The fraction of sp³-hybridized carbons (Fsp3) is 0.348. The Morgan fingerprint density at radius 1 is 1.20 bits per heavy atom. The molecule has 0 aliphatic carbocycles. The van der Waals surface area contributed by atoms with Crippen LogP contribution in [0.15, 0.2) is 47.5 Å². The van der Waals surface area contributed by atoms with Gasteiger partial charge in [-0.25, -0.2) is 4.99 Å². The standard InChI is InChI=1S/C23H27N3O3S/c1-5-13-26-22(28)20(14-21(27)24-18-10-6-7-12-19(18)29-4)30-23(26)25-17-11-8-9-15(2)16(17)3/h6-12,20H,5,13-14H2,1-4H3,(H,24,27)/t20-/m1/s1. The van der Waals surface area contributed by atoms with Gasteiger partial charge in [-0.15, -0.1) is 0 Å². The molecule has 1 aliphatic heterocycles. The number of benzene rings is 2. The fourth-order valence-corrected chi connectivity index (χ4v) is 4.41. The van der Waals surface area contributed by atoms with Crippen molar-refractivity contribution in [1.82, 2.24) is 4.90 Å². The molecule has 0 aromatic heterocycles. The van der Waals surface area contributed by atoms with Crippen LogP contribution >= 0.6 is 11.8 Å². The van der Waals surface area contributed by atoms with Crippen molar-refractivity contribution in [3.8, 4) is 5.75 Å². The number of anilines is 1. The number of aryl methyl sites for hydroxylation is 1. The van der Waals surface area contributed by atoms with Gasteiger partial charge in [0.15, 0.2) is 5.17 Å². The fourth-order valence-electron chi connectivity index (χ4n) is 3.23. The summed E-state index contributed by atoms with van der Waals surface area (Å²) in [6.45, 7) is 6.68. The number of hydrogen-bond acceptors (Lipinski definition) is 5. The SMILES string of the molecule is CCCN1C(=O)[C@@H](CC(=O)Nc2ccccc2OC)SC1=Nc1cccc(C)c1C. The van der Waals surface area contributed by atoms with Crippen LogP contribution in [0, 0.1) is 13.8 Å². The van der Waals surface area contributed by atoms with E-state index in [9.17, 15) is 9.59 Å². The van der Waals surface area contributed by atoms with Gasteiger partial charge in [0.1, 0.15) is 11.0 Å². The average molecular weight is 426 g/mol. The van der Waals surface area contributed by atoms with Gasteiger partial charge in [-0.2, -0.15) is 0 Å². The summed E-state index contributed by atoms with van der Waals surface area (Å²) in [5.74, 6) is 0.289. The molecule has 1 saturated heterocycles. The monoisotopic (exact) mass is 425 g/mol. The van der Waals surface area contributed by atoms with E-state index >= 15 is 0 Å². The van der Waals surface area contributed by atoms with Gasteiger partial charge in [-0.3, -0.25) is 14.5 Å². The number of aliphatic imine (C=N–C) groups is 1. The molecule has 30 heavy (non-hydrogen) atoms. The van der Waals surface area contributed by atoms with Crippen molar-refractivity contribution in [2.24, 2.45) is 4.99 Å². The van der Waals surface area contributed by atoms with Gasteiger partial charge in [0.25, 0.3) is 0 Å². The first-order valence-electron chi connectivity index (χ1n) is 10.0. The number of para-hydroxylation sites is 2. The number of hydrogen-bond donors (Lipinski definition) is 1. The quantitative estimate of drug-likeness (QED) is 0.699. The second-order valence-electron chi connectivity index (χ2n) is 7.16. The summed E-state index contributed by atoms with van der Waals surface area (Å²) in [6, 6.07) is 13.2. The van der Waals surface area contributed by atoms with Crippen LogP contribution in [0.2, 0.25) is 0 Å². The van der Waals surface area contributed by atoms with Crippen molar-refractivity contribution in [2.45, 2.75) is 38.9 Å². The second-order valence-corrected chi connectivity index (χ2v) is 8.33. The van der Waals surface area contributed by atoms with Gasteiger partial charge in [0.05, 0.1) is 18.5 Å². The number of amides is 2. The highest BCUT2D eigenvalue weighted by Gasteiger charge is 2.38. The number of rotatable bonds is 7. The normalized spacial score (nSPS) is 17.5. The van der Waals surface area contributed by atoms with Crippen molar-refractivity contribution in [3.05, 3.63) is 53.6 Å². The lowest BCUT2D eigenvalue weighted by Crippen LogP contribution is -2.34. The van der Waals surface area contributed by atoms with Crippen molar-refractivity contribution in [3.63, 3.8) is 0 Å². The summed E-state index contributed by atoms with van der Waals surface area (Å²) in [4.78, 5) is 32.1. The van der Waals surface area contributed by atoms with E-state index in [1.54, 1.807) is 24.1 Å². The molecule has 7 heteroatoms. The van der Waals surface area contributed by atoms with E-state index in [0.29, 0.717) is 23.1 Å². The van der Waals surface area contributed by atoms with Crippen LogP contribution in [-0.4, -0.2) is 40.8 Å². The zero-order chi connectivity index (χ0) is 21.7. The number of ether oxygens (including phenoxy) is 1. The zero-order valence-electron chi connectivity index (χ0n) is 17.8. The van der Waals surface area contributed by atoms with E-state index in [-0.39, 0.29) is 18.2 Å². The minimum Gasteiger partial charge on any atom is -0.495 e. The zero-order valence-corrected chi connectivity index (χ0v) is 18.6. The van der Waals surface area contributed by atoms with Crippen LogP contribution in [0.1, 0.15) is 30.9 Å². The van der Waals surface area contributed by atoms with Crippen LogP contribution in [-0.2, 0) is 9.59 Å². The van der Waals surface area contributed by atoms with Crippen LogP contribution < -0.4 is 10.1 Å². The molecule has 2 amide bonds. The summed E-state index contributed by atoms with van der Waals surface area (Å²) in [5.41, 5.74) is 3.69. The Labute approximate surface area is 181 Å². The number of amidine groups is 1. The van der Waals surface area contributed by atoms with E-state index in [1.165, 1.54) is 11.8 Å². The number of methoxy groups -OCH3 is 1. The van der Waals surface area contributed by atoms with Gasteiger partial charge in [0, 0.05) is 13.0 Å².